The molecule has 0 radical (unpaired) electrons. The average Bonchev–Trinajstić information content (AvgIpc) is 3.17. The molecule has 24 heavy (non-hydrogen) atoms. The molecule has 0 unspecified atom stereocenters. The van der Waals surface area contributed by atoms with Crippen molar-refractivity contribution in [2.75, 3.05) is 33.4 Å². The molecule has 0 aliphatic carbocycles. The van der Waals surface area contributed by atoms with Crippen LogP contribution in [0.4, 0.5) is 0 Å². The van der Waals surface area contributed by atoms with E-state index in [2.05, 4.69) is 10.2 Å². The number of rotatable bonds is 6. The minimum atomic E-state index is 0.0206. The van der Waals surface area contributed by atoms with E-state index in [0.717, 1.165) is 25.1 Å². The molecule has 1 aromatic heterocycles. The zero-order valence-electron chi connectivity index (χ0n) is 13.9. The number of nitrogens with one attached hydrogen (secondary N) is 1. The van der Waals surface area contributed by atoms with Crippen LogP contribution in [0, 0.1) is 0 Å². The van der Waals surface area contributed by atoms with Gasteiger partial charge in [0.2, 0.25) is 0 Å². The van der Waals surface area contributed by atoms with Gasteiger partial charge in [0.15, 0.2) is 0 Å². The normalized spacial score (nSPS) is 17.7. The fourth-order valence-corrected chi connectivity index (χ4v) is 3.08. The molecule has 128 valence electrons. The molecule has 2 heterocycles. The summed E-state index contributed by atoms with van der Waals surface area (Å²) in [6, 6.07) is 9.39. The number of benzene rings is 1. The molecule has 1 fully saturated rings. The first-order valence-corrected chi connectivity index (χ1v) is 8.29. The Morgan fingerprint density at radius 3 is 3.00 bits per heavy atom. The van der Waals surface area contributed by atoms with Gasteiger partial charge in [0.25, 0.3) is 5.91 Å². The largest absolute Gasteiger partial charge is 0.490 e. The number of carbonyl (C=O) groups excluding carboxylic acids is 1. The van der Waals surface area contributed by atoms with E-state index in [1.54, 1.807) is 13.3 Å². The van der Waals surface area contributed by atoms with Gasteiger partial charge in [-0.25, -0.2) is 0 Å². The Kier molecular flexibility index (Phi) is 5.48. The third-order valence-electron chi connectivity index (χ3n) is 4.33. The Balaban J connectivity index is 1.71. The maximum absolute atomic E-state index is 13.0. The van der Waals surface area contributed by atoms with Crippen LogP contribution in [0.1, 0.15) is 34.8 Å². The summed E-state index contributed by atoms with van der Waals surface area (Å²) in [6.45, 7) is 2.40. The molecule has 0 bridgehead atoms. The number of hydrogen-bond acceptors (Lipinski definition) is 4. The van der Waals surface area contributed by atoms with Gasteiger partial charge in [0, 0.05) is 38.0 Å². The van der Waals surface area contributed by atoms with Crippen LogP contribution in [0.3, 0.4) is 0 Å². The Bertz CT molecular complexity index is 657. The van der Waals surface area contributed by atoms with Crippen molar-refractivity contribution in [3.05, 3.63) is 47.8 Å². The van der Waals surface area contributed by atoms with Crippen LogP contribution in [-0.4, -0.2) is 54.4 Å². The molecule has 1 N–H and O–H groups in total. The van der Waals surface area contributed by atoms with Crippen LogP contribution in [0.2, 0.25) is 0 Å². The lowest BCUT2D eigenvalue weighted by molar-refractivity contribution is 0.0699. The third kappa shape index (κ3) is 3.76. The lowest BCUT2D eigenvalue weighted by Gasteiger charge is -2.32. The molecule has 1 aliphatic heterocycles. The Hall–Kier alpha value is -2.34. The highest BCUT2D eigenvalue weighted by molar-refractivity contribution is 5.97. The van der Waals surface area contributed by atoms with Crippen LogP contribution < -0.4 is 4.74 Å². The molecule has 0 saturated carbocycles. The van der Waals surface area contributed by atoms with E-state index in [0.29, 0.717) is 37.0 Å². The average molecular weight is 329 g/mol. The minimum absolute atomic E-state index is 0.0206. The van der Waals surface area contributed by atoms with E-state index in [9.17, 15) is 4.79 Å². The fraction of sp³-hybridized carbons (Fsp3) is 0.444. The van der Waals surface area contributed by atoms with E-state index in [1.165, 1.54) is 0 Å². The summed E-state index contributed by atoms with van der Waals surface area (Å²) >= 11 is 0. The smallest absolute Gasteiger partial charge is 0.257 e. The molecule has 0 spiro atoms. The van der Waals surface area contributed by atoms with Crippen molar-refractivity contribution in [3.8, 4) is 5.75 Å². The molecule has 1 saturated heterocycles. The van der Waals surface area contributed by atoms with Gasteiger partial charge >= 0.3 is 0 Å². The number of aromatic nitrogens is 2. The standard InChI is InChI=1S/C18H23N3O3/c1-23-11-12-24-17-7-3-2-6-15(17)18(22)21-10-4-5-14(13-21)16-8-9-19-20-16/h2-3,6-9,14H,4-5,10-13H2,1H3,(H,19,20)/t14-/m0/s1. The van der Waals surface area contributed by atoms with Crippen molar-refractivity contribution < 1.29 is 14.3 Å². The Labute approximate surface area is 141 Å². The molecular formula is C18H23N3O3. The van der Waals surface area contributed by atoms with Crippen LogP contribution >= 0.6 is 0 Å². The SMILES string of the molecule is COCCOc1ccccc1C(=O)N1CCC[C@H](c2ccn[nH]2)C1. The van der Waals surface area contributed by atoms with Gasteiger partial charge in [-0.05, 0) is 31.0 Å². The van der Waals surface area contributed by atoms with Gasteiger partial charge in [-0.2, -0.15) is 5.10 Å². The van der Waals surface area contributed by atoms with Crippen molar-refractivity contribution in [1.82, 2.24) is 15.1 Å². The van der Waals surface area contributed by atoms with Crippen molar-refractivity contribution in [2.24, 2.45) is 0 Å². The number of amides is 1. The van der Waals surface area contributed by atoms with Gasteiger partial charge in [0.05, 0.1) is 12.2 Å². The third-order valence-corrected chi connectivity index (χ3v) is 4.33. The monoisotopic (exact) mass is 329 g/mol. The molecule has 6 heteroatoms. The topological polar surface area (TPSA) is 67.5 Å². The number of carbonyl (C=O) groups is 1. The Morgan fingerprint density at radius 2 is 2.21 bits per heavy atom. The number of ether oxygens (including phenoxy) is 2. The Morgan fingerprint density at radius 1 is 1.33 bits per heavy atom. The molecule has 6 nitrogen and oxygen atoms in total. The zero-order chi connectivity index (χ0) is 16.8. The van der Waals surface area contributed by atoms with Gasteiger partial charge in [-0.3, -0.25) is 9.89 Å². The van der Waals surface area contributed by atoms with E-state index < -0.39 is 0 Å². The van der Waals surface area contributed by atoms with E-state index in [1.807, 2.05) is 35.2 Å². The molecule has 1 aliphatic rings. The van der Waals surface area contributed by atoms with Gasteiger partial charge in [0.1, 0.15) is 12.4 Å². The highest BCUT2D eigenvalue weighted by atomic mass is 16.5. The molecular weight excluding hydrogens is 306 g/mol. The first kappa shape index (κ1) is 16.5. The van der Waals surface area contributed by atoms with Gasteiger partial charge in [-0.1, -0.05) is 12.1 Å². The van der Waals surface area contributed by atoms with E-state index >= 15 is 0 Å². The summed E-state index contributed by atoms with van der Waals surface area (Å²) in [7, 11) is 1.63. The van der Waals surface area contributed by atoms with Crippen LogP contribution in [0.15, 0.2) is 36.5 Å². The van der Waals surface area contributed by atoms with Crippen LogP contribution in [0.5, 0.6) is 5.75 Å². The number of likely N-dealkylation sites (tertiary alicyclic amines) is 1. The van der Waals surface area contributed by atoms with E-state index in [4.69, 9.17) is 9.47 Å². The maximum atomic E-state index is 13.0. The summed E-state index contributed by atoms with van der Waals surface area (Å²) in [4.78, 5) is 14.9. The zero-order valence-corrected chi connectivity index (χ0v) is 13.9. The van der Waals surface area contributed by atoms with E-state index in [-0.39, 0.29) is 5.91 Å². The van der Waals surface area contributed by atoms with Crippen molar-refractivity contribution in [1.29, 1.82) is 0 Å². The van der Waals surface area contributed by atoms with Gasteiger partial charge < -0.3 is 14.4 Å². The quantitative estimate of drug-likeness (QED) is 0.827. The fourth-order valence-electron chi connectivity index (χ4n) is 3.08. The predicted octanol–water partition coefficient (Wildman–Crippen LogP) is 2.45. The first-order valence-electron chi connectivity index (χ1n) is 8.29. The molecule has 3 rings (SSSR count). The predicted molar refractivity (Wildman–Crippen MR) is 90.3 cm³/mol. The number of hydrogen-bond donors (Lipinski definition) is 1. The first-order chi connectivity index (χ1) is 11.8. The number of para-hydroxylation sites is 1. The lowest BCUT2D eigenvalue weighted by atomic mass is 9.94. The summed E-state index contributed by atoms with van der Waals surface area (Å²) in [5.41, 5.74) is 1.70. The lowest BCUT2D eigenvalue weighted by Crippen LogP contribution is -2.39. The maximum Gasteiger partial charge on any atom is 0.257 e. The minimum Gasteiger partial charge on any atom is -0.490 e. The second-order valence-corrected chi connectivity index (χ2v) is 5.94. The molecule has 1 atom stereocenters. The number of methoxy groups -OCH3 is 1. The van der Waals surface area contributed by atoms with Crippen LogP contribution in [-0.2, 0) is 4.74 Å². The van der Waals surface area contributed by atoms with Crippen LogP contribution in [0.25, 0.3) is 0 Å². The number of piperidine rings is 1. The van der Waals surface area contributed by atoms with Crippen molar-refractivity contribution in [3.63, 3.8) is 0 Å². The van der Waals surface area contributed by atoms with Gasteiger partial charge in [-0.15, -0.1) is 0 Å². The van der Waals surface area contributed by atoms with Crippen molar-refractivity contribution >= 4 is 5.91 Å². The van der Waals surface area contributed by atoms with Crippen molar-refractivity contribution in [2.45, 2.75) is 18.8 Å². The highest BCUT2D eigenvalue weighted by Gasteiger charge is 2.27. The molecule has 1 aromatic carbocycles. The highest BCUT2D eigenvalue weighted by Crippen LogP contribution is 2.28. The molecule has 2 aromatic rings. The number of aromatic amines is 1. The number of nitrogens with zero attached hydrogens (tertiary/aromatic N) is 2. The molecule has 1 amide bonds. The number of H-pyrrole nitrogens is 1. The summed E-state index contributed by atoms with van der Waals surface area (Å²) in [5.74, 6) is 0.946. The summed E-state index contributed by atoms with van der Waals surface area (Å²) in [6.07, 6.45) is 3.81. The second kappa shape index (κ2) is 7.97. The second-order valence-electron chi connectivity index (χ2n) is 5.94. The summed E-state index contributed by atoms with van der Waals surface area (Å²) < 4.78 is 10.7. The summed E-state index contributed by atoms with van der Waals surface area (Å²) in [5, 5.41) is 7.05.